The Kier molecular flexibility index (Phi) is 5.42. The molecule has 3 aliphatic rings. The summed E-state index contributed by atoms with van der Waals surface area (Å²) in [6, 6.07) is -0.406. The highest BCUT2D eigenvalue weighted by Crippen LogP contribution is 2.49. The third kappa shape index (κ3) is 3.57. The highest BCUT2D eigenvalue weighted by Gasteiger charge is 2.46. The molecular weight excluding hydrogens is 319 g/mol. The molecule has 2 fully saturated rings. The zero-order valence-electron chi connectivity index (χ0n) is 15.7. The van der Waals surface area contributed by atoms with Gasteiger partial charge in [-0.2, -0.15) is 0 Å². The first kappa shape index (κ1) is 18.7. The summed E-state index contributed by atoms with van der Waals surface area (Å²) < 4.78 is 14.0. The standard InChI is InChI=1S/C20H33FN2O2/c1-10(2)18-17(12-4-7-16(21)11(3)8-12)14-6-5-13(24)9-15(14)19(23-18)20(22)25/h10-16,19,23-24H,4-9H2,1-3H3,(H2,22,25). The van der Waals surface area contributed by atoms with E-state index in [0.717, 1.165) is 31.4 Å². The molecular formula is C20H33FN2O2. The van der Waals surface area contributed by atoms with Gasteiger partial charge < -0.3 is 16.2 Å². The lowest BCUT2D eigenvalue weighted by molar-refractivity contribution is -0.122. The van der Waals surface area contributed by atoms with Crippen LogP contribution in [0.4, 0.5) is 4.39 Å². The molecule has 1 heterocycles. The molecule has 0 radical (unpaired) electrons. The molecule has 0 aromatic carbocycles. The second kappa shape index (κ2) is 7.26. The minimum atomic E-state index is -0.696. The predicted molar refractivity (Wildman–Crippen MR) is 96.2 cm³/mol. The van der Waals surface area contributed by atoms with E-state index in [0.29, 0.717) is 18.8 Å². The SMILES string of the molecule is CC(C)C1=C(C2CCC(F)C(C)C2)C2CCC(O)CC2C(C(N)=O)N1. The second-order valence-corrected chi connectivity index (χ2v) is 8.79. The van der Waals surface area contributed by atoms with Gasteiger partial charge >= 0.3 is 0 Å². The van der Waals surface area contributed by atoms with Crippen LogP contribution in [0.1, 0.15) is 59.3 Å². The van der Waals surface area contributed by atoms with E-state index in [1.165, 1.54) is 5.57 Å². The predicted octanol–water partition coefficient (Wildman–Crippen LogP) is 2.91. The van der Waals surface area contributed by atoms with Gasteiger partial charge in [0.05, 0.1) is 6.10 Å². The van der Waals surface area contributed by atoms with Crippen molar-refractivity contribution < 1.29 is 14.3 Å². The number of aliphatic hydroxyl groups is 1. The lowest BCUT2D eigenvalue weighted by atomic mass is 9.62. The molecule has 0 saturated heterocycles. The van der Waals surface area contributed by atoms with Crippen LogP contribution in [0.2, 0.25) is 0 Å². The molecule has 1 amide bonds. The average molecular weight is 352 g/mol. The van der Waals surface area contributed by atoms with Crippen LogP contribution in [-0.4, -0.2) is 29.3 Å². The third-order valence-electron chi connectivity index (χ3n) is 6.71. The summed E-state index contributed by atoms with van der Waals surface area (Å²) in [4.78, 5) is 12.1. The number of rotatable bonds is 3. The molecule has 1 aliphatic heterocycles. The van der Waals surface area contributed by atoms with Crippen LogP contribution < -0.4 is 11.1 Å². The maximum absolute atomic E-state index is 14.0. The minimum absolute atomic E-state index is 0.0529. The van der Waals surface area contributed by atoms with Gasteiger partial charge in [0.1, 0.15) is 12.2 Å². The van der Waals surface area contributed by atoms with Crippen molar-refractivity contribution in [2.45, 2.75) is 77.6 Å². The Labute approximate surface area is 150 Å². The number of allylic oxidation sites excluding steroid dienone is 2. The smallest absolute Gasteiger partial charge is 0.240 e. The molecule has 2 aliphatic carbocycles. The van der Waals surface area contributed by atoms with Crippen molar-refractivity contribution in [2.24, 2.45) is 35.3 Å². The topological polar surface area (TPSA) is 75.3 Å². The van der Waals surface area contributed by atoms with Crippen LogP contribution in [-0.2, 0) is 4.79 Å². The fourth-order valence-corrected chi connectivity index (χ4v) is 5.44. The van der Waals surface area contributed by atoms with Crippen molar-refractivity contribution in [1.29, 1.82) is 0 Å². The summed E-state index contributed by atoms with van der Waals surface area (Å²) in [6.45, 7) is 6.29. The van der Waals surface area contributed by atoms with Gasteiger partial charge in [-0.25, -0.2) is 4.39 Å². The summed E-state index contributed by atoms with van der Waals surface area (Å²) >= 11 is 0. The van der Waals surface area contributed by atoms with E-state index < -0.39 is 12.2 Å². The first-order chi connectivity index (χ1) is 11.8. The van der Waals surface area contributed by atoms with Gasteiger partial charge in [-0.1, -0.05) is 20.8 Å². The van der Waals surface area contributed by atoms with Crippen LogP contribution in [0.5, 0.6) is 0 Å². The van der Waals surface area contributed by atoms with Gasteiger partial charge in [0.15, 0.2) is 0 Å². The third-order valence-corrected chi connectivity index (χ3v) is 6.71. The molecule has 3 rings (SSSR count). The van der Waals surface area contributed by atoms with Gasteiger partial charge in [0.25, 0.3) is 0 Å². The first-order valence-electron chi connectivity index (χ1n) is 9.91. The Balaban J connectivity index is 1.98. The van der Waals surface area contributed by atoms with Gasteiger partial charge in [-0.3, -0.25) is 4.79 Å². The van der Waals surface area contributed by atoms with Gasteiger partial charge in [0, 0.05) is 5.70 Å². The van der Waals surface area contributed by atoms with Gasteiger partial charge in [-0.15, -0.1) is 0 Å². The zero-order valence-corrected chi connectivity index (χ0v) is 15.7. The van der Waals surface area contributed by atoms with Crippen LogP contribution in [0, 0.1) is 29.6 Å². The van der Waals surface area contributed by atoms with Crippen LogP contribution in [0.25, 0.3) is 0 Å². The van der Waals surface area contributed by atoms with Crippen molar-refractivity contribution >= 4 is 5.91 Å². The van der Waals surface area contributed by atoms with Crippen molar-refractivity contribution in [3.05, 3.63) is 11.3 Å². The number of nitrogens with two attached hydrogens (primary N) is 1. The Morgan fingerprint density at radius 1 is 1.24 bits per heavy atom. The van der Waals surface area contributed by atoms with E-state index >= 15 is 0 Å². The number of hydrogen-bond acceptors (Lipinski definition) is 3. The van der Waals surface area contributed by atoms with E-state index in [1.54, 1.807) is 0 Å². The Morgan fingerprint density at radius 2 is 1.96 bits per heavy atom. The fourth-order valence-electron chi connectivity index (χ4n) is 5.44. The monoisotopic (exact) mass is 352 g/mol. The number of carbonyl (C=O) groups is 1. The average Bonchev–Trinajstić information content (AvgIpc) is 2.55. The Hall–Kier alpha value is -1.10. The number of halogens is 1. The number of hydrogen-bond donors (Lipinski definition) is 3. The summed E-state index contributed by atoms with van der Waals surface area (Å²) in [7, 11) is 0. The number of alkyl halides is 1. The Bertz CT molecular complexity index is 548. The summed E-state index contributed by atoms with van der Waals surface area (Å²) in [6.07, 6.45) is 3.62. The highest BCUT2D eigenvalue weighted by molar-refractivity contribution is 5.81. The number of primary amides is 1. The molecule has 0 bridgehead atoms. The minimum Gasteiger partial charge on any atom is -0.393 e. The normalized spacial score (nSPS) is 42.1. The molecule has 0 spiro atoms. The Morgan fingerprint density at radius 3 is 2.56 bits per heavy atom. The maximum Gasteiger partial charge on any atom is 0.240 e. The summed E-state index contributed by atoms with van der Waals surface area (Å²) in [5, 5.41) is 13.6. The summed E-state index contributed by atoms with van der Waals surface area (Å²) in [5.41, 5.74) is 8.25. The fraction of sp³-hybridized carbons (Fsp3) is 0.850. The zero-order chi connectivity index (χ0) is 18.3. The van der Waals surface area contributed by atoms with E-state index in [2.05, 4.69) is 19.2 Å². The van der Waals surface area contributed by atoms with E-state index in [1.807, 2.05) is 6.92 Å². The van der Waals surface area contributed by atoms with Crippen molar-refractivity contribution in [3.8, 4) is 0 Å². The van der Waals surface area contributed by atoms with Gasteiger partial charge in [0.2, 0.25) is 5.91 Å². The van der Waals surface area contributed by atoms with Crippen molar-refractivity contribution in [2.75, 3.05) is 0 Å². The molecule has 4 N–H and O–H groups in total. The van der Waals surface area contributed by atoms with Gasteiger partial charge in [-0.05, 0) is 73.7 Å². The lowest BCUT2D eigenvalue weighted by Crippen LogP contribution is -2.56. The molecule has 5 heteroatoms. The molecule has 25 heavy (non-hydrogen) atoms. The molecule has 4 nitrogen and oxygen atoms in total. The second-order valence-electron chi connectivity index (χ2n) is 8.79. The molecule has 7 unspecified atom stereocenters. The van der Waals surface area contributed by atoms with Crippen molar-refractivity contribution in [3.63, 3.8) is 0 Å². The van der Waals surface area contributed by atoms with E-state index in [4.69, 9.17) is 5.73 Å². The summed E-state index contributed by atoms with van der Waals surface area (Å²) in [5.74, 6) is 0.750. The molecule has 142 valence electrons. The number of aliphatic hydroxyl groups excluding tert-OH is 1. The molecule has 0 aromatic heterocycles. The quantitative estimate of drug-likeness (QED) is 0.731. The first-order valence-corrected chi connectivity index (χ1v) is 9.91. The number of amides is 1. The number of fused-ring (bicyclic) bond motifs is 1. The lowest BCUT2D eigenvalue weighted by Gasteiger charge is -2.48. The largest absolute Gasteiger partial charge is 0.393 e. The molecule has 0 aromatic rings. The molecule has 2 saturated carbocycles. The maximum atomic E-state index is 14.0. The van der Waals surface area contributed by atoms with Crippen LogP contribution in [0.3, 0.4) is 0 Å². The van der Waals surface area contributed by atoms with Crippen LogP contribution >= 0.6 is 0 Å². The van der Waals surface area contributed by atoms with Crippen molar-refractivity contribution in [1.82, 2.24) is 5.32 Å². The van der Waals surface area contributed by atoms with E-state index in [-0.39, 0.29) is 35.7 Å². The van der Waals surface area contributed by atoms with Crippen LogP contribution in [0.15, 0.2) is 11.3 Å². The number of carbonyl (C=O) groups excluding carboxylic acids is 1. The highest BCUT2D eigenvalue weighted by atomic mass is 19.1. The number of nitrogens with one attached hydrogen (secondary N) is 1. The van der Waals surface area contributed by atoms with E-state index in [9.17, 15) is 14.3 Å². The molecule has 7 atom stereocenters.